The molecule has 0 rings (SSSR count). The second-order valence-electron chi connectivity index (χ2n) is 5.95. The Morgan fingerprint density at radius 3 is 2.19 bits per heavy atom. The molecule has 0 saturated carbocycles. The summed E-state index contributed by atoms with van der Waals surface area (Å²) in [6.07, 6.45) is 7.82. The molecule has 0 aromatic rings. The maximum atomic E-state index is 12.0. The van der Waals surface area contributed by atoms with E-state index in [4.69, 9.17) is 0 Å². The standard InChI is InChI=1S/C15H35N3O2S/c1-5-6-7-8-9-10-13-17-21(19,20)18(4)14-11-12-16-15(2)3/h15-17H,5-14H2,1-4H3. The van der Waals surface area contributed by atoms with Gasteiger partial charge in [0.05, 0.1) is 0 Å². The minimum Gasteiger partial charge on any atom is -0.314 e. The van der Waals surface area contributed by atoms with E-state index in [9.17, 15) is 8.42 Å². The van der Waals surface area contributed by atoms with Gasteiger partial charge in [-0.1, -0.05) is 52.9 Å². The van der Waals surface area contributed by atoms with Crippen molar-refractivity contribution in [3.63, 3.8) is 0 Å². The summed E-state index contributed by atoms with van der Waals surface area (Å²) >= 11 is 0. The zero-order valence-electron chi connectivity index (χ0n) is 14.3. The van der Waals surface area contributed by atoms with Crippen molar-refractivity contribution in [3.05, 3.63) is 0 Å². The van der Waals surface area contributed by atoms with Gasteiger partial charge in [0, 0.05) is 26.2 Å². The van der Waals surface area contributed by atoms with Crippen LogP contribution in [-0.4, -0.2) is 45.4 Å². The first kappa shape index (κ1) is 20.8. The third-order valence-corrected chi connectivity index (χ3v) is 5.00. The Balaban J connectivity index is 3.70. The third-order valence-electron chi connectivity index (χ3n) is 3.43. The largest absolute Gasteiger partial charge is 0.314 e. The molecule has 0 radical (unpaired) electrons. The maximum absolute atomic E-state index is 12.0. The predicted molar refractivity (Wildman–Crippen MR) is 90.7 cm³/mol. The van der Waals surface area contributed by atoms with Crippen molar-refractivity contribution in [1.29, 1.82) is 0 Å². The Kier molecular flexibility index (Phi) is 12.3. The van der Waals surface area contributed by atoms with Gasteiger partial charge >= 0.3 is 0 Å². The number of nitrogens with one attached hydrogen (secondary N) is 2. The molecule has 2 N–H and O–H groups in total. The minimum absolute atomic E-state index is 0.442. The molecule has 0 heterocycles. The first-order valence-corrected chi connectivity index (χ1v) is 9.78. The summed E-state index contributed by atoms with van der Waals surface area (Å²) in [4.78, 5) is 0. The molecular weight excluding hydrogens is 286 g/mol. The number of rotatable bonds is 14. The van der Waals surface area contributed by atoms with Gasteiger partial charge in [-0.3, -0.25) is 0 Å². The van der Waals surface area contributed by atoms with Crippen LogP contribution in [0.1, 0.15) is 65.7 Å². The van der Waals surface area contributed by atoms with Gasteiger partial charge in [-0.2, -0.15) is 12.7 Å². The molecule has 0 atom stereocenters. The third kappa shape index (κ3) is 12.1. The lowest BCUT2D eigenvalue weighted by Crippen LogP contribution is -2.40. The molecule has 21 heavy (non-hydrogen) atoms. The fraction of sp³-hybridized carbons (Fsp3) is 1.00. The number of nitrogens with zero attached hydrogens (tertiary/aromatic N) is 1. The van der Waals surface area contributed by atoms with Crippen molar-refractivity contribution in [3.8, 4) is 0 Å². The summed E-state index contributed by atoms with van der Waals surface area (Å²) in [5.41, 5.74) is 0. The zero-order chi connectivity index (χ0) is 16.1. The van der Waals surface area contributed by atoms with E-state index in [1.807, 2.05) is 0 Å². The predicted octanol–water partition coefficient (Wildman–Crippen LogP) is 2.50. The van der Waals surface area contributed by atoms with Crippen molar-refractivity contribution in [2.45, 2.75) is 71.8 Å². The normalized spacial score (nSPS) is 12.5. The molecule has 0 saturated heterocycles. The van der Waals surface area contributed by atoms with Gasteiger partial charge in [-0.05, 0) is 19.4 Å². The van der Waals surface area contributed by atoms with Crippen LogP contribution >= 0.6 is 0 Å². The number of unbranched alkanes of at least 4 members (excludes halogenated alkanes) is 5. The van der Waals surface area contributed by atoms with E-state index in [0.29, 0.717) is 19.1 Å². The Morgan fingerprint density at radius 2 is 1.57 bits per heavy atom. The quantitative estimate of drug-likeness (QED) is 0.483. The summed E-state index contributed by atoms with van der Waals surface area (Å²) in [5, 5.41) is 3.29. The van der Waals surface area contributed by atoms with Crippen molar-refractivity contribution < 1.29 is 8.42 Å². The Hall–Kier alpha value is -0.170. The lowest BCUT2D eigenvalue weighted by atomic mass is 10.1. The highest BCUT2D eigenvalue weighted by Gasteiger charge is 2.15. The van der Waals surface area contributed by atoms with Crippen molar-refractivity contribution in [2.75, 3.05) is 26.7 Å². The van der Waals surface area contributed by atoms with Gasteiger partial charge in [-0.15, -0.1) is 0 Å². The monoisotopic (exact) mass is 321 g/mol. The summed E-state index contributed by atoms with van der Waals surface area (Å²) in [7, 11) is -1.66. The van der Waals surface area contributed by atoms with Crippen LogP contribution in [0.2, 0.25) is 0 Å². The molecule has 5 nitrogen and oxygen atoms in total. The van der Waals surface area contributed by atoms with Crippen LogP contribution in [0.15, 0.2) is 0 Å². The maximum Gasteiger partial charge on any atom is 0.279 e. The van der Waals surface area contributed by atoms with Crippen LogP contribution in [0.5, 0.6) is 0 Å². The van der Waals surface area contributed by atoms with E-state index in [1.165, 1.54) is 30.0 Å². The van der Waals surface area contributed by atoms with Crippen LogP contribution in [0.25, 0.3) is 0 Å². The zero-order valence-corrected chi connectivity index (χ0v) is 15.1. The SMILES string of the molecule is CCCCCCCCNS(=O)(=O)N(C)CCCNC(C)C. The van der Waals surface area contributed by atoms with Gasteiger partial charge in [0.25, 0.3) is 10.2 Å². The topological polar surface area (TPSA) is 61.4 Å². The highest BCUT2D eigenvalue weighted by molar-refractivity contribution is 7.87. The van der Waals surface area contributed by atoms with E-state index < -0.39 is 10.2 Å². The molecule has 0 fully saturated rings. The molecule has 0 unspecified atom stereocenters. The molecule has 0 amide bonds. The first-order valence-electron chi connectivity index (χ1n) is 8.34. The fourth-order valence-corrected chi connectivity index (χ4v) is 3.02. The summed E-state index contributed by atoms with van der Waals surface area (Å²) < 4.78 is 28.1. The van der Waals surface area contributed by atoms with E-state index in [0.717, 1.165) is 25.8 Å². The van der Waals surface area contributed by atoms with Crippen molar-refractivity contribution in [2.24, 2.45) is 0 Å². The minimum atomic E-state index is -3.30. The van der Waals surface area contributed by atoms with Crippen LogP contribution in [0, 0.1) is 0 Å². The molecule has 0 aromatic heterocycles. The lowest BCUT2D eigenvalue weighted by molar-refractivity contribution is 0.438. The van der Waals surface area contributed by atoms with Gasteiger partial charge in [0.15, 0.2) is 0 Å². The van der Waals surface area contributed by atoms with Crippen LogP contribution in [0.3, 0.4) is 0 Å². The summed E-state index contributed by atoms with van der Waals surface area (Å²) in [6.45, 7) is 8.30. The van der Waals surface area contributed by atoms with Gasteiger partial charge in [-0.25, -0.2) is 4.72 Å². The highest BCUT2D eigenvalue weighted by atomic mass is 32.2. The Morgan fingerprint density at radius 1 is 0.952 bits per heavy atom. The van der Waals surface area contributed by atoms with E-state index in [1.54, 1.807) is 7.05 Å². The van der Waals surface area contributed by atoms with E-state index >= 15 is 0 Å². The molecular formula is C15H35N3O2S. The molecule has 0 aliphatic carbocycles. The summed E-state index contributed by atoms with van der Waals surface area (Å²) in [6, 6.07) is 0.442. The average molecular weight is 322 g/mol. The van der Waals surface area contributed by atoms with Gasteiger partial charge in [0.2, 0.25) is 0 Å². The molecule has 0 aliphatic rings. The van der Waals surface area contributed by atoms with Gasteiger partial charge < -0.3 is 5.32 Å². The van der Waals surface area contributed by atoms with Crippen LogP contribution in [0.4, 0.5) is 0 Å². The van der Waals surface area contributed by atoms with Gasteiger partial charge in [0.1, 0.15) is 0 Å². The average Bonchev–Trinajstić information content (AvgIpc) is 2.42. The molecule has 128 valence electrons. The summed E-state index contributed by atoms with van der Waals surface area (Å²) in [5.74, 6) is 0. The molecule has 0 spiro atoms. The van der Waals surface area contributed by atoms with Crippen molar-refractivity contribution in [1.82, 2.24) is 14.3 Å². The van der Waals surface area contributed by atoms with Crippen molar-refractivity contribution >= 4 is 10.2 Å². The highest BCUT2D eigenvalue weighted by Crippen LogP contribution is 2.04. The number of hydrogen-bond donors (Lipinski definition) is 2. The smallest absolute Gasteiger partial charge is 0.279 e. The second-order valence-corrected chi connectivity index (χ2v) is 7.81. The molecule has 0 aromatic carbocycles. The number of hydrogen-bond acceptors (Lipinski definition) is 3. The molecule has 0 aliphatic heterocycles. The van der Waals surface area contributed by atoms with Crippen LogP contribution < -0.4 is 10.0 Å². The molecule has 0 bridgehead atoms. The molecule has 6 heteroatoms. The lowest BCUT2D eigenvalue weighted by Gasteiger charge is -2.18. The Labute approximate surface area is 132 Å². The first-order chi connectivity index (χ1) is 9.90. The fourth-order valence-electron chi connectivity index (χ4n) is 2.03. The second kappa shape index (κ2) is 12.4. The van der Waals surface area contributed by atoms with E-state index in [2.05, 4.69) is 30.8 Å². The van der Waals surface area contributed by atoms with E-state index in [-0.39, 0.29) is 0 Å². The Bertz CT molecular complexity index is 332. The van der Waals surface area contributed by atoms with Crippen LogP contribution in [-0.2, 0) is 10.2 Å².